The van der Waals surface area contributed by atoms with E-state index in [1.807, 2.05) is 30.0 Å². The van der Waals surface area contributed by atoms with Gasteiger partial charge in [0.15, 0.2) is 11.5 Å². The van der Waals surface area contributed by atoms with E-state index in [-0.39, 0.29) is 6.03 Å². The number of carbonyl (C=O) groups excluding carboxylic acids is 1. The normalized spacial score (nSPS) is 14.8. The largest absolute Gasteiger partial charge is 0.493 e. The zero-order chi connectivity index (χ0) is 18.1. The molecule has 1 aliphatic heterocycles. The van der Waals surface area contributed by atoms with Crippen molar-refractivity contribution in [3.8, 4) is 11.5 Å². The number of urea groups is 1. The van der Waals surface area contributed by atoms with E-state index in [2.05, 4.69) is 10.2 Å². The first-order valence-corrected chi connectivity index (χ1v) is 8.71. The smallest absolute Gasteiger partial charge is 0.317 e. The Kier molecular flexibility index (Phi) is 7.81. The number of benzene rings is 1. The standard InChI is InChI=1S/C18H29N3O4/c1-4-19-18(22)21(8-7-20-9-11-25-12-10-20)14-15-5-6-16(23-2)17(13-15)24-3/h5-6,13H,4,7-12,14H2,1-3H3,(H,19,22). The molecule has 1 saturated heterocycles. The van der Waals surface area contributed by atoms with Crippen LogP contribution in [0.3, 0.4) is 0 Å². The minimum Gasteiger partial charge on any atom is -0.493 e. The first kappa shape index (κ1) is 19.3. The summed E-state index contributed by atoms with van der Waals surface area (Å²) in [6.07, 6.45) is 0. The number of hydrogen-bond donors (Lipinski definition) is 1. The number of hydrogen-bond acceptors (Lipinski definition) is 5. The minimum absolute atomic E-state index is 0.0504. The lowest BCUT2D eigenvalue weighted by molar-refractivity contribution is 0.0346. The Labute approximate surface area is 149 Å². The highest BCUT2D eigenvalue weighted by Crippen LogP contribution is 2.28. The van der Waals surface area contributed by atoms with Crippen molar-refractivity contribution < 1.29 is 19.0 Å². The summed E-state index contributed by atoms with van der Waals surface area (Å²) in [4.78, 5) is 16.6. The number of ether oxygens (including phenoxy) is 3. The van der Waals surface area contributed by atoms with Gasteiger partial charge in [0, 0.05) is 39.3 Å². The lowest BCUT2D eigenvalue weighted by Crippen LogP contribution is -2.45. The number of nitrogens with one attached hydrogen (secondary N) is 1. The van der Waals surface area contributed by atoms with Gasteiger partial charge in [-0.05, 0) is 24.6 Å². The molecule has 25 heavy (non-hydrogen) atoms. The Hall–Kier alpha value is -1.99. The second-order valence-corrected chi connectivity index (χ2v) is 5.90. The predicted octanol–water partition coefficient (Wildman–Crippen LogP) is 1.57. The maximum absolute atomic E-state index is 12.4. The van der Waals surface area contributed by atoms with Gasteiger partial charge in [-0.25, -0.2) is 4.79 Å². The van der Waals surface area contributed by atoms with Gasteiger partial charge >= 0.3 is 6.03 Å². The average molecular weight is 351 g/mol. The number of amides is 2. The van der Waals surface area contributed by atoms with Gasteiger partial charge in [-0.3, -0.25) is 4.90 Å². The van der Waals surface area contributed by atoms with Gasteiger partial charge in [0.1, 0.15) is 0 Å². The molecule has 2 amide bonds. The zero-order valence-corrected chi connectivity index (χ0v) is 15.4. The van der Waals surface area contributed by atoms with Crippen molar-refractivity contribution in [2.24, 2.45) is 0 Å². The summed E-state index contributed by atoms with van der Waals surface area (Å²) >= 11 is 0. The van der Waals surface area contributed by atoms with Crippen LogP contribution in [-0.2, 0) is 11.3 Å². The van der Waals surface area contributed by atoms with Gasteiger partial charge in [0.05, 0.1) is 27.4 Å². The highest BCUT2D eigenvalue weighted by molar-refractivity contribution is 5.74. The Morgan fingerprint density at radius 3 is 2.60 bits per heavy atom. The highest BCUT2D eigenvalue weighted by Gasteiger charge is 2.17. The van der Waals surface area contributed by atoms with E-state index >= 15 is 0 Å². The van der Waals surface area contributed by atoms with E-state index in [0.29, 0.717) is 31.1 Å². The molecule has 1 heterocycles. The molecule has 7 nitrogen and oxygen atoms in total. The van der Waals surface area contributed by atoms with Crippen molar-refractivity contribution >= 4 is 6.03 Å². The summed E-state index contributed by atoms with van der Waals surface area (Å²) in [5.74, 6) is 1.35. The molecule has 1 aliphatic rings. The quantitative estimate of drug-likeness (QED) is 0.770. The number of methoxy groups -OCH3 is 2. The van der Waals surface area contributed by atoms with E-state index in [1.165, 1.54) is 0 Å². The molecule has 1 aromatic rings. The van der Waals surface area contributed by atoms with Crippen LogP contribution in [0.1, 0.15) is 12.5 Å². The number of nitrogens with zero attached hydrogens (tertiary/aromatic N) is 2. The van der Waals surface area contributed by atoms with Gasteiger partial charge < -0.3 is 24.4 Å². The summed E-state index contributed by atoms with van der Waals surface area (Å²) in [6, 6.07) is 5.69. The van der Waals surface area contributed by atoms with E-state index in [0.717, 1.165) is 38.4 Å². The molecule has 7 heteroatoms. The van der Waals surface area contributed by atoms with Gasteiger partial charge in [-0.1, -0.05) is 6.07 Å². The molecule has 0 radical (unpaired) electrons. The third kappa shape index (κ3) is 5.79. The van der Waals surface area contributed by atoms with E-state index < -0.39 is 0 Å². The fraction of sp³-hybridized carbons (Fsp3) is 0.611. The monoisotopic (exact) mass is 351 g/mol. The van der Waals surface area contributed by atoms with E-state index in [9.17, 15) is 4.79 Å². The fourth-order valence-corrected chi connectivity index (χ4v) is 2.80. The van der Waals surface area contributed by atoms with Crippen LogP contribution < -0.4 is 14.8 Å². The molecule has 0 unspecified atom stereocenters. The minimum atomic E-state index is -0.0504. The fourth-order valence-electron chi connectivity index (χ4n) is 2.80. The molecule has 2 rings (SSSR count). The molecule has 0 aromatic heterocycles. The molecule has 0 spiro atoms. The number of rotatable bonds is 8. The second kappa shape index (κ2) is 10.1. The molecule has 1 N–H and O–H groups in total. The van der Waals surface area contributed by atoms with Crippen LogP contribution in [0.5, 0.6) is 11.5 Å². The SMILES string of the molecule is CCNC(=O)N(CCN1CCOCC1)Cc1ccc(OC)c(OC)c1. The number of morpholine rings is 1. The number of carbonyl (C=O) groups is 1. The van der Waals surface area contributed by atoms with Crippen LogP contribution in [0.2, 0.25) is 0 Å². The Balaban J connectivity index is 2.03. The first-order chi connectivity index (χ1) is 12.2. The highest BCUT2D eigenvalue weighted by atomic mass is 16.5. The molecule has 1 aromatic carbocycles. The summed E-state index contributed by atoms with van der Waals surface area (Å²) in [5, 5.41) is 2.89. The van der Waals surface area contributed by atoms with E-state index in [1.54, 1.807) is 14.2 Å². The molecular formula is C18H29N3O4. The molecule has 0 saturated carbocycles. The lowest BCUT2D eigenvalue weighted by atomic mass is 10.2. The van der Waals surface area contributed by atoms with Crippen LogP contribution in [0.25, 0.3) is 0 Å². The topological polar surface area (TPSA) is 63.3 Å². The third-order valence-corrected chi connectivity index (χ3v) is 4.23. The maximum atomic E-state index is 12.4. The summed E-state index contributed by atoms with van der Waals surface area (Å²) in [7, 11) is 3.22. The third-order valence-electron chi connectivity index (χ3n) is 4.23. The van der Waals surface area contributed by atoms with E-state index in [4.69, 9.17) is 14.2 Å². The van der Waals surface area contributed by atoms with Crippen LogP contribution in [0, 0.1) is 0 Å². The van der Waals surface area contributed by atoms with Crippen molar-refractivity contribution in [3.05, 3.63) is 23.8 Å². The summed E-state index contributed by atoms with van der Waals surface area (Å²) in [5.41, 5.74) is 1.01. The molecule has 0 aliphatic carbocycles. The van der Waals surface area contributed by atoms with Gasteiger partial charge in [0.25, 0.3) is 0 Å². The zero-order valence-electron chi connectivity index (χ0n) is 15.4. The molecule has 0 atom stereocenters. The summed E-state index contributed by atoms with van der Waals surface area (Å²) < 4.78 is 16.0. The van der Waals surface area contributed by atoms with Gasteiger partial charge in [0.2, 0.25) is 0 Å². The summed E-state index contributed by atoms with van der Waals surface area (Å²) in [6.45, 7) is 7.92. The van der Waals surface area contributed by atoms with Crippen LogP contribution in [0.4, 0.5) is 4.79 Å². The average Bonchev–Trinajstić information content (AvgIpc) is 2.65. The first-order valence-electron chi connectivity index (χ1n) is 8.71. The molecule has 1 fully saturated rings. The van der Waals surface area contributed by atoms with Crippen LogP contribution >= 0.6 is 0 Å². The Bertz CT molecular complexity index is 547. The van der Waals surface area contributed by atoms with Crippen molar-refractivity contribution in [1.29, 1.82) is 0 Å². The van der Waals surface area contributed by atoms with Gasteiger partial charge in [-0.15, -0.1) is 0 Å². The predicted molar refractivity (Wildman–Crippen MR) is 96.3 cm³/mol. The van der Waals surface area contributed by atoms with Crippen molar-refractivity contribution in [2.75, 3.05) is 60.2 Å². The molecule has 0 bridgehead atoms. The Morgan fingerprint density at radius 2 is 1.96 bits per heavy atom. The van der Waals surface area contributed by atoms with Crippen molar-refractivity contribution in [3.63, 3.8) is 0 Å². The van der Waals surface area contributed by atoms with Crippen molar-refractivity contribution in [1.82, 2.24) is 15.1 Å². The second-order valence-electron chi connectivity index (χ2n) is 5.90. The Morgan fingerprint density at radius 1 is 1.24 bits per heavy atom. The van der Waals surface area contributed by atoms with Crippen LogP contribution in [0.15, 0.2) is 18.2 Å². The van der Waals surface area contributed by atoms with Crippen molar-refractivity contribution in [2.45, 2.75) is 13.5 Å². The maximum Gasteiger partial charge on any atom is 0.317 e. The van der Waals surface area contributed by atoms with Crippen LogP contribution in [-0.4, -0.2) is 76.0 Å². The molecular weight excluding hydrogens is 322 g/mol. The molecule has 140 valence electrons. The lowest BCUT2D eigenvalue weighted by Gasteiger charge is -2.30. The van der Waals surface area contributed by atoms with Gasteiger partial charge in [-0.2, -0.15) is 0 Å².